The molecular formula is C20H17NO5. The van der Waals surface area contributed by atoms with E-state index in [1.807, 2.05) is 18.2 Å². The monoisotopic (exact) mass is 351 g/mol. The van der Waals surface area contributed by atoms with Crippen LogP contribution < -0.4 is 10.1 Å². The van der Waals surface area contributed by atoms with E-state index in [-0.39, 0.29) is 17.9 Å². The van der Waals surface area contributed by atoms with Crippen LogP contribution in [-0.4, -0.2) is 19.0 Å². The van der Waals surface area contributed by atoms with Gasteiger partial charge in [-0.3, -0.25) is 4.79 Å². The highest BCUT2D eigenvalue weighted by Gasteiger charge is 2.17. The minimum atomic E-state index is -0.550. The minimum Gasteiger partial charge on any atom is -0.496 e. The zero-order valence-corrected chi connectivity index (χ0v) is 14.1. The molecule has 0 aliphatic heterocycles. The third-order valence-electron chi connectivity index (χ3n) is 3.69. The van der Waals surface area contributed by atoms with E-state index in [1.54, 1.807) is 43.5 Å². The lowest BCUT2D eigenvalue weighted by Gasteiger charge is -2.12. The fraction of sp³-hybridized carbons (Fsp3) is 0.100. The number of anilines is 1. The molecule has 0 aliphatic rings. The third-order valence-corrected chi connectivity index (χ3v) is 3.69. The summed E-state index contributed by atoms with van der Waals surface area (Å²) in [5.41, 5.74) is 1.35. The normalized spacial score (nSPS) is 10.2. The summed E-state index contributed by atoms with van der Waals surface area (Å²) < 4.78 is 15.7. The van der Waals surface area contributed by atoms with Crippen molar-refractivity contribution in [1.82, 2.24) is 0 Å². The number of carbonyl (C=O) groups is 2. The highest BCUT2D eigenvalue weighted by atomic mass is 16.5. The number of para-hydroxylation sites is 2. The maximum atomic E-state index is 12.5. The van der Waals surface area contributed by atoms with Crippen LogP contribution in [0.5, 0.6) is 5.75 Å². The molecule has 1 N–H and O–H groups in total. The second-order valence-corrected chi connectivity index (χ2v) is 5.36. The topological polar surface area (TPSA) is 77.8 Å². The molecule has 1 heterocycles. The van der Waals surface area contributed by atoms with Crippen molar-refractivity contribution in [2.24, 2.45) is 0 Å². The van der Waals surface area contributed by atoms with Gasteiger partial charge < -0.3 is 19.2 Å². The Bertz CT molecular complexity index is 902. The zero-order valence-electron chi connectivity index (χ0n) is 14.1. The van der Waals surface area contributed by atoms with Crippen LogP contribution >= 0.6 is 0 Å². The van der Waals surface area contributed by atoms with Gasteiger partial charge in [0.25, 0.3) is 5.91 Å². The van der Waals surface area contributed by atoms with Crippen LogP contribution in [0.25, 0.3) is 0 Å². The number of amides is 1. The van der Waals surface area contributed by atoms with E-state index < -0.39 is 11.9 Å². The molecule has 132 valence electrons. The molecule has 1 amide bonds. The first-order valence-electron chi connectivity index (χ1n) is 7.92. The first-order chi connectivity index (χ1) is 12.7. The molecule has 0 atom stereocenters. The van der Waals surface area contributed by atoms with Crippen molar-refractivity contribution in [1.29, 1.82) is 0 Å². The number of ether oxygens (including phenoxy) is 2. The first kappa shape index (κ1) is 17.3. The lowest BCUT2D eigenvalue weighted by atomic mass is 10.1. The Morgan fingerprint density at radius 3 is 2.54 bits per heavy atom. The number of esters is 1. The van der Waals surface area contributed by atoms with Gasteiger partial charge in [0, 0.05) is 5.56 Å². The van der Waals surface area contributed by atoms with Crippen molar-refractivity contribution in [3.63, 3.8) is 0 Å². The Hall–Kier alpha value is -3.54. The van der Waals surface area contributed by atoms with E-state index >= 15 is 0 Å². The summed E-state index contributed by atoms with van der Waals surface area (Å²) in [6, 6.07) is 17.1. The predicted octanol–water partition coefficient (Wildman–Crippen LogP) is 3.90. The maximum Gasteiger partial charge on any atom is 0.340 e. The number of benzene rings is 2. The van der Waals surface area contributed by atoms with Gasteiger partial charge in [-0.05, 0) is 30.3 Å². The smallest absolute Gasteiger partial charge is 0.340 e. The van der Waals surface area contributed by atoms with Gasteiger partial charge in [0.2, 0.25) is 0 Å². The Kier molecular flexibility index (Phi) is 5.34. The molecule has 26 heavy (non-hydrogen) atoms. The summed E-state index contributed by atoms with van der Waals surface area (Å²) in [7, 11) is 1.56. The van der Waals surface area contributed by atoms with E-state index in [0.717, 1.165) is 5.56 Å². The summed E-state index contributed by atoms with van der Waals surface area (Å²) in [5, 5.41) is 2.66. The molecule has 0 aliphatic carbocycles. The SMILES string of the molecule is COc1ccccc1COC(=O)c1ccccc1NC(=O)c1ccco1. The van der Waals surface area contributed by atoms with E-state index in [2.05, 4.69) is 5.32 Å². The van der Waals surface area contributed by atoms with Crippen LogP contribution in [0.4, 0.5) is 5.69 Å². The predicted molar refractivity (Wildman–Crippen MR) is 95.2 cm³/mol. The summed E-state index contributed by atoms with van der Waals surface area (Å²) in [6.45, 7) is 0.0588. The van der Waals surface area contributed by atoms with Crippen LogP contribution in [0.15, 0.2) is 71.3 Å². The molecule has 6 nitrogen and oxygen atoms in total. The third kappa shape index (κ3) is 3.92. The molecule has 2 aromatic carbocycles. The van der Waals surface area contributed by atoms with Gasteiger partial charge in [0.15, 0.2) is 5.76 Å². The quantitative estimate of drug-likeness (QED) is 0.682. The maximum absolute atomic E-state index is 12.5. The molecule has 0 bridgehead atoms. The highest BCUT2D eigenvalue weighted by molar-refractivity contribution is 6.06. The molecule has 0 radical (unpaired) electrons. The van der Waals surface area contributed by atoms with Crippen molar-refractivity contribution in [3.8, 4) is 5.75 Å². The number of hydrogen-bond acceptors (Lipinski definition) is 5. The second-order valence-electron chi connectivity index (χ2n) is 5.36. The Labute approximate surface area is 150 Å². The van der Waals surface area contributed by atoms with Crippen molar-refractivity contribution in [2.45, 2.75) is 6.61 Å². The average molecular weight is 351 g/mol. The molecule has 0 spiro atoms. The summed E-state index contributed by atoms with van der Waals surface area (Å²) in [4.78, 5) is 24.6. The number of hydrogen-bond donors (Lipinski definition) is 1. The number of nitrogens with one attached hydrogen (secondary N) is 1. The molecule has 0 fully saturated rings. The van der Waals surface area contributed by atoms with Crippen molar-refractivity contribution >= 4 is 17.6 Å². The van der Waals surface area contributed by atoms with E-state index in [9.17, 15) is 9.59 Å². The van der Waals surface area contributed by atoms with Gasteiger partial charge in [-0.2, -0.15) is 0 Å². The van der Waals surface area contributed by atoms with E-state index in [1.165, 1.54) is 12.3 Å². The van der Waals surface area contributed by atoms with Gasteiger partial charge >= 0.3 is 5.97 Å². The van der Waals surface area contributed by atoms with Crippen LogP contribution in [0.3, 0.4) is 0 Å². The molecule has 3 rings (SSSR count). The summed E-state index contributed by atoms with van der Waals surface area (Å²) >= 11 is 0. The van der Waals surface area contributed by atoms with Gasteiger partial charge in [0.05, 0.1) is 24.6 Å². The summed E-state index contributed by atoms with van der Waals surface area (Å²) in [6.07, 6.45) is 1.41. The van der Waals surface area contributed by atoms with Crippen LogP contribution in [0.1, 0.15) is 26.5 Å². The lowest BCUT2D eigenvalue weighted by molar-refractivity contribution is 0.0471. The molecular weight excluding hydrogens is 334 g/mol. The van der Waals surface area contributed by atoms with Crippen molar-refractivity contribution in [3.05, 3.63) is 83.8 Å². The van der Waals surface area contributed by atoms with Crippen LogP contribution in [0.2, 0.25) is 0 Å². The van der Waals surface area contributed by atoms with E-state index in [4.69, 9.17) is 13.9 Å². The molecule has 6 heteroatoms. The standard InChI is InChI=1S/C20H17NO5/c1-24-17-10-5-2-7-14(17)13-26-20(23)15-8-3-4-9-16(15)21-19(22)18-11-6-12-25-18/h2-12H,13H2,1H3,(H,21,22). The van der Waals surface area contributed by atoms with Gasteiger partial charge in [-0.25, -0.2) is 4.79 Å². The van der Waals surface area contributed by atoms with Crippen molar-refractivity contribution < 1.29 is 23.5 Å². The first-order valence-corrected chi connectivity index (χ1v) is 7.92. The summed E-state index contributed by atoms with van der Waals surface area (Å²) in [5.74, 6) is -0.201. The fourth-order valence-electron chi connectivity index (χ4n) is 2.41. The van der Waals surface area contributed by atoms with Gasteiger partial charge in [-0.15, -0.1) is 0 Å². The fourth-order valence-corrected chi connectivity index (χ4v) is 2.41. The number of methoxy groups -OCH3 is 1. The van der Waals surface area contributed by atoms with Crippen molar-refractivity contribution in [2.75, 3.05) is 12.4 Å². The Morgan fingerprint density at radius 1 is 1.00 bits per heavy atom. The zero-order chi connectivity index (χ0) is 18.4. The minimum absolute atomic E-state index is 0.0588. The van der Waals surface area contributed by atoms with Gasteiger partial charge in [-0.1, -0.05) is 30.3 Å². The highest BCUT2D eigenvalue weighted by Crippen LogP contribution is 2.21. The second kappa shape index (κ2) is 8.02. The molecule has 3 aromatic rings. The Balaban J connectivity index is 1.72. The average Bonchev–Trinajstić information content (AvgIpc) is 3.21. The van der Waals surface area contributed by atoms with E-state index in [0.29, 0.717) is 11.4 Å². The Morgan fingerprint density at radius 2 is 1.77 bits per heavy atom. The molecule has 1 aromatic heterocycles. The lowest BCUT2D eigenvalue weighted by Crippen LogP contribution is -2.15. The number of rotatable bonds is 6. The molecule has 0 unspecified atom stereocenters. The largest absolute Gasteiger partial charge is 0.496 e. The van der Waals surface area contributed by atoms with Gasteiger partial charge in [0.1, 0.15) is 12.4 Å². The van der Waals surface area contributed by atoms with Crippen LogP contribution in [0, 0.1) is 0 Å². The number of carbonyl (C=O) groups excluding carboxylic acids is 2. The van der Waals surface area contributed by atoms with Crippen LogP contribution in [-0.2, 0) is 11.3 Å². The number of furan rings is 1. The molecule has 0 saturated heterocycles. The molecule has 0 saturated carbocycles.